The smallest absolute Gasteiger partial charge is 0.289 e. The molecule has 3 aromatic rings. The van der Waals surface area contributed by atoms with Crippen LogP contribution in [0.2, 0.25) is 0 Å². The fourth-order valence-corrected chi connectivity index (χ4v) is 3.72. The van der Waals surface area contributed by atoms with Gasteiger partial charge in [0.15, 0.2) is 11.5 Å². The number of amides is 2. The van der Waals surface area contributed by atoms with Gasteiger partial charge >= 0.3 is 0 Å². The van der Waals surface area contributed by atoms with Crippen molar-refractivity contribution in [3.8, 4) is 17.2 Å². The van der Waals surface area contributed by atoms with Gasteiger partial charge in [-0.1, -0.05) is 12.1 Å². The highest BCUT2D eigenvalue weighted by Gasteiger charge is 2.30. The Morgan fingerprint density at radius 2 is 1.84 bits per heavy atom. The second-order valence-corrected chi connectivity index (χ2v) is 7.56. The van der Waals surface area contributed by atoms with E-state index in [1.165, 1.54) is 6.26 Å². The molecule has 1 aliphatic rings. The lowest BCUT2D eigenvalue weighted by molar-refractivity contribution is -0.121. The molecule has 0 spiro atoms. The molecule has 7 nitrogen and oxygen atoms in total. The van der Waals surface area contributed by atoms with Gasteiger partial charge in [-0.15, -0.1) is 0 Å². The van der Waals surface area contributed by atoms with Gasteiger partial charge in [0, 0.05) is 13.1 Å². The van der Waals surface area contributed by atoms with Gasteiger partial charge in [-0.05, 0) is 68.3 Å². The summed E-state index contributed by atoms with van der Waals surface area (Å²) in [5.41, 5.74) is 0.584. The number of hydrogen-bond donors (Lipinski definition) is 1. The monoisotopic (exact) mass is 434 g/mol. The Balaban J connectivity index is 1.41. The molecule has 0 aliphatic carbocycles. The average Bonchev–Trinajstić information content (AvgIpc) is 3.36. The molecule has 2 heterocycles. The zero-order chi connectivity index (χ0) is 22.3. The van der Waals surface area contributed by atoms with Crippen LogP contribution in [0.3, 0.4) is 0 Å². The highest BCUT2D eigenvalue weighted by Crippen LogP contribution is 2.31. The largest absolute Gasteiger partial charge is 0.494 e. The van der Waals surface area contributed by atoms with Crippen LogP contribution in [0.4, 0.5) is 5.69 Å². The van der Waals surface area contributed by atoms with Gasteiger partial charge in [0.2, 0.25) is 5.91 Å². The van der Waals surface area contributed by atoms with Crippen LogP contribution in [0.5, 0.6) is 17.2 Å². The number of para-hydroxylation sites is 2. The number of carbonyl (C=O) groups is 2. The number of rotatable bonds is 7. The third-order valence-corrected chi connectivity index (χ3v) is 5.32. The molecule has 0 radical (unpaired) electrons. The number of benzene rings is 2. The van der Waals surface area contributed by atoms with E-state index in [0.29, 0.717) is 42.6 Å². The minimum absolute atomic E-state index is 0.135. The SMILES string of the molecule is CCOc1ccc(Oc2ccccc2NC(=O)[C@H]2CCCN(C(=O)c3ccco3)C2)cc1. The summed E-state index contributed by atoms with van der Waals surface area (Å²) in [5, 5.41) is 2.98. The summed E-state index contributed by atoms with van der Waals surface area (Å²) < 4.78 is 16.7. The van der Waals surface area contributed by atoms with Gasteiger partial charge < -0.3 is 24.1 Å². The van der Waals surface area contributed by atoms with Crippen molar-refractivity contribution in [1.29, 1.82) is 0 Å². The quantitative estimate of drug-likeness (QED) is 0.568. The molecule has 1 N–H and O–H groups in total. The maximum atomic E-state index is 13.0. The molecule has 4 rings (SSSR count). The summed E-state index contributed by atoms with van der Waals surface area (Å²) in [7, 11) is 0. The summed E-state index contributed by atoms with van der Waals surface area (Å²) >= 11 is 0. The Bertz CT molecular complexity index is 1050. The Hall–Kier alpha value is -3.74. The van der Waals surface area contributed by atoms with E-state index in [1.54, 1.807) is 29.2 Å². The van der Waals surface area contributed by atoms with Gasteiger partial charge in [0.05, 0.1) is 24.5 Å². The van der Waals surface area contributed by atoms with Crippen molar-refractivity contribution in [3.63, 3.8) is 0 Å². The van der Waals surface area contributed by atoms with E-state index in [9.17, 15) is 9.59 Å². The van der Waals surface area contributed by atoms with Crippen LogP contribution < -0.4 is 14.8 Å². The van der Waals surface area contributed by atoms with Crippen LogP contribution in [-0.4, -0.2) is 36.4 Å². The minimum atomic E-state index is -0.304. The second kappa shape index (κ2) is 10.0. The summed E-state index contributed by atoms with van der Waals surface area (Å²) in [4.78, 5) is 27.3. The summed E-state index contributed by atoms with van der Waals surface area (Å²) in [6.45, 7) is 3.50. The first-order valence-corrected chi connectivity index (χ1v) is 10.8. The number of furan rings is 1. The molecule has 1 saturated heterocycles. The predicted molar refractivity (Wildman–Crippen MR) is 120 cm³/mol. The number of anilines is 1. The van der Waals surface area contributed by atoms with E-state index < -0.39 is 0 Å². The number of nitrogens with zero attached hydrogens (tertiary/aromatic N) is 1. The second-order valence-electron chi connectivity index (χ2n) is 7.56. The predicted octanol–water partition coefficient (Wildman–Crippen LogP) is 4.96. The van der Waals surface area contributed by atoms with E-state index in [0.717, 1.165) is 18.6 Å². The maximum Gasteiger partial charge on any atom is 0.289 e. The highest BCUT2D eigenvalue weighted by molar-refractivity contribution is 5.95. The van der Waals surface area contributed by atoms with Crippen LogP contribution in [0, 0.1) is 5.92 Å². The molecule has 0 unspecified atom stereocenters. The average molecular weight is 434 g/mol. The van der Waals surface area contributed by atoms with Crippen LogP contribution in [-0.2, 0) is 4.79 Å². The first-order valence-electron chi connectivity index (χ1n) is 10.8. The van der Waals surface area contributed by atoms with Crippen LogP contribution in [0.15, 0.2) is 71.3 Å². The van der Waals surface area contributed by atoms with E-state index in [2.05, 4.69) is 5.32 Å². The van der Waals surface area contributed by atoms with Gasteiger partial charge in [-0.25, -0.2) is 0 Å². The van der Waals surface area contributed by atoms with Crippen molar-refractivity contribution in [2.24, 2.45) is 5.92 Å². The zero-order valence-corrected chi connectivity index (χ0v) is 18.0. The number of hydrogen-bond acceptors (Lipinski definition) is 5. The molecule has 0 bridgehead atoms. The molecule has 1 aromatic heterocycles. The van der Waals surface area contributed by atoms with Crippen molar-refractivity contribution < 1.29 is 23.5 Å². The normalized spacial score (nSPS) is 15.8. The number of piperidine rings is 1. The molecule has 166 valence electrons. The molecule has 1 atom stereocenters. The third kappa shape index (κ3) is 5.11. The lowest BCUT2D eigenvalue weighted by Crippen LogP contribution is -2.43. The van der Waals surface area contributed by atoms with Crippen molar-refractivity contribution in [2.45, 2.75) is 19.8 Å². The molecule has 0 saturated carbocycles. The minimum Gasteiger partial charge on any atom is -0.494 e. The topological polar surface area (TPSA) is 81.0 Å². The lowest BCUT2D eigenvalue weighted by atomic mass is 9.96. The van der Waals surface area contributed by atoms with Gasteiger partial charge in [0.1, 0.15) is 11.5 Å². The first kappa shape index (κ1) is 21.5. The summed E-state index contributed by atoms with van der Waals surface area (Å²) in [5.74, 6) is 1.62. The van der Waals surface area contributed by atoms with Crippen LogP contribution in [0.1, 0.15) is 30.3 Å². The summed E-state index contributed by atoms with van der Waals surface area (Å²) in [6, 6.07) is 17.9. The molecule has 7 heteroatoms. The van der Waals surface area contributed by atoms with E-state index in [1.807, 2.05) is 43.3 Å². The standard InChI is InChI=1S/C25H26N2O5/c1-2-30-19-11-13-20(14-12-19)32-22-9-4-3-8-21(22)26-24(28)18-7-5-15-27(17-18)25(29)23-10-6-16-31-23/h3-4,6,8-14,16,18H,2,5,7,15,17H2,1H3,(H,26,28)/t18-/m0/s1. The van der Waals surface area contributed by atoms with Gasteiger partial charge in [-0.2, -0.15) is 0 Å². The Kier molecular flexibility index (Phi) is 6.75. The fourth-order valence-electron chi connectivity index (χ4n) is 3.72. The van der Waals surface area contributed by atoms with Crippen LogP contribution >= 0.6 is 0 Å². The molecule has 1 aliphatic heterocycles. The zero-order valence-electron chi connectivity index (χ0n) is 18.0. The van der Waals surface area contributed by atoms with E-state index in [-0.39, 0.29) is 17.7 Å². The maximum absolute atomic E-state index is 13.0. The molecule has 1 fully saturated rings. The first-order chi connectivity index (χ1) is 15.6. The number of ether oxygens (including phenoxy) is 2. The van der Waals surface area contributed by atoms with Crippen molar-refractivity contribution in [1.82, 2.24) is 4.90 Å². The van der Waals surface area contributed by atoms with Gasteiger partial charge in [0.25, 0.3) is 5.91 Å². The van der Waals surface area contributed by atoms with Crippen LogP contribution in [0.25, 0.3) is 0 Å². The highest BCUT2D eigenvalue weighted by atomic mass is 16.5. The number of nitrogens with one attached hydrogen (secondary N) is 1. The molecule has 32 heavy (non-hydrogen) atoms. The Morgan fingerprint density at radius 3 is 2.59 bits per heavy atom. The molecule has 2 amide bonds. The fraction of sp³-hybridized carbons (Fsp3) is 0.280. The summed E-state index contributed by atoms with van der Waals surface area (Å²) in [6.07, 6.45) is 2.95. The molecular formula is C25H26N2O5. The van der Waals surface area contributed by atoms with Crippen molar-refractivity contribution >= 4 is 17.5 Å². The van der Waals surface area contributed by atoms with Crippen molar-refractivity contribution in [2.75, 3.05) is 25.0 Å². The van der Waals surface area contributed by atoms with E-state index in [4.69, 9.17) is 13.9 Å². The van der Waals surface area contributed by atoms with E-state index >= 15 is 0 Å². The molecular weight excluding hydrogens is 408 g/mol. The van der Waals surface area contributed by atoms with Crippen molar-refractivity contribution in [3.05, 3.63) is 72.7 Å². The van der Waals surface area contributed by atoms with Gasteiger partial charge in [-0.3, -0.25) is 9.59 Å². The Labute approximate surface area is 186 Å². The Morgan fingerprint density at radius 1 is 1.06 bits per heavy atom. The number of likely N-dealkylation sites (tertiary alicyclic amines) is 1. The molecule has 2 aromatic carbocycles. The number of carbonyl (C=O) groups excluding carboxylic acids is 2. The lowest BCUT2D eigenvalue weighted by Gasteiger charge is -2.31. The third-order valence-electron chi connectivity index (χ3n) is 5.32.